The maximum absolute atomic E-state index is 13.3. The predicted octanol–water partition coefficient (Wildman–Crippen LogP) is 3.57. The molecule has 0 saturated carbocycles. The first-order valence-corrected chi connectivity index (χ1v) is 13.7. The van der Waals surface area contributed by atoms with Gasteiger partial charge in [0, 0.05) is 25.6 Å². The van der Waals surface area contributed by atoms with E-state index in [0.717, 1.165) is 18.2 Å². The third-order valence-corrected chi connectivity index (χ3v) is 7.07. The van der Waals surface area contributed by atoms with E-state index in [4.69, 9.17) is 4.74 Å². The van der Waals surface area contributed by atoms with Gasteiger partial charge in [0.05, 0.1) is 19.1 Å². The van der Waals surface area contributed by atoms with Crippen LogP contribution in [0.15, 0.2) is 54.6 Å². The molecule has 0 saturated heterocycles. The fourth-order valence-corrected chi connectivity index (χ4v) is 4.55. The Morgan fingerprint density at radius 2 is 1.66 bits per heavy atom. The minimum Gasteiger partial charge on any atom is -0.497 e. The average molecular weight is 504 g/mol. The number of rotatable bonds is 13. The van der Waals surface area contributed by atoms with Gasteiger partial charge in [-0.3, -0.25) is 13.9 Å². The van der Waals surface area contributed by atoms with Crippen molar-refractivity contribution in [1.29, 1.82) is 0 Å². The fraction of sp³-hybridized carbons (Fsp3) is 0.462. The second kappa shape index (κ2) is 13.1. The zero-order valence-electron chi connectivity index (χ0n) is 21.2. The zero-order chi connectivity index (χ0) is 26.0. The molecule has 2 amide bonds. The largest absolute Gasteiger partial charge is 0.497 e. The van der Waals surface area contributed by atoms with Gasteiger partial charge in [-0.25, -0.2) is 8.42 Å². The molecule has 8 nitrogen and oxygen atoms in total. The van der Waals surface area contributed by atoms with Crippen molar-refractivity contribution in [2.24, 2.45) is 0 Å². The van der Waals surface area contributed by atoms with Crippen LogP contribution in [0.25, 0.3) is 0 Å². The molecule has 1 N–H and O–H groups in total. The number of ether oxygens (including phenoxy) is 1. The Morgan fingerprint density at radius 1 is 1.03 bits per heavy atom. The highest BCUT2D eigenvalue weighted by molar-refractivity contribution is 7.92. The summed E-state index contributed by atoms with van der Waals surface area (Å²) in [6, 6.07) is 15.6. The fourth-order valence-electron chi connectivity index (χ4n) is 3.58. The van der Waals surface area contributed by atoms with E-state index in [1.54, 1.807) is 43.2 Å². The number of nitrogens with zero attached hydrogens (tertiary/aromatic N) is 2. The maximum Gasteiger partial charge on any atom is 0.242 e. The SMILES string of the molecule is CC[C@H](C)NC(=O)[C@H](C)N(Cc1ccccc1)C(=O)CCCN(c1ccc(OC)cc1)S(C)(=O)=O. The first-order chi connectivity index (χ1) is 16.6. The predicted molar refractivity (Wildman–Crippen MR) is 139 cm³/mol. The highest BCUT2D eigenvalue weighted by atomic mass is 32.2. The topological polar surface area (TPSA) is 96.0 Å². The quantitative estimate of drug-likeness (QED) is 0.451. The van der Waals surface area contributed by atoms with E-state index < -0.39 is 16.1 Å². The molecule has 0 spiro atoms. The van der Waals surface area contributed by atoms with Crippen LogP contribution in [0.4, 0.5) is 5.69 Å². The third-order valence-electron chi connectivity index (χ3n) is 5.88. The van der Waals surface area contributed by atoms with Crippen LogP contribution in [0.3, 0.4) is 0 Å². The number of carbonyl (C=O) groups excluding carboxylic acids is 2. The van der Waals surface area contributed by atoms with Crippen molar-refractivity contribution in [3.05, 3.63) is 60.2 Å². The van der Waals surface area contributed by atoms with Gasteiger partial charge in [0.1, 0.15) is 11.8 Å². The molecule has 35 heavy (non-hydrogen) atoms. The molecule has 0 heterocycles. The lowest BCUT2D eigenvalue weighted by Gasteiger charge is -2.30. The van der Waals surface area contributed by atoms with Gasteiger partial charge >= 0.3 is 0 Å². The van der Waals surface area contributed by atoms with Crippen molar-refractivity contribution >= 4 is 27.5 Å². The molecule has 0 aliphatic rings. The van der Waals surface area contributed by atoms with Gasteiger partial charge in [0.2, 0.25) is 21.8 Å². The second-order valence-corrected chi connectivity index (χ2v) is 10.5. The number of carbonyl (C=O) groups is 2. The highest BCUT2D eigenvalue weighted by Gasteiger charge is 2.27. The number of methoxy groups -OCH3 is 1. The molecule has 2 aromatic carbocycles. The Hall–Kier alpha value is -3.07. The van der Waals surface area contributed by atoms with Crippen LogP contribution in [0.1, 0.15) is 45.6 Å². The molecular formula is C26H37N3O5S. The summed E-state index contributed by atoms with van der Waals surface area (Å²) >= 11 is 0. The second-order valence-electron chi connectivity index (χ2n) is 8.64. The van der Waals surface area contributed by atoms with Crippen LogP contribution in [-0.4, -0.2) is 57.1 Å². The van der Waals surface area contributed by atoms with Crippen molar-refractivity contribution < 1.29 is 22.7 Å². The highest BCUT2D eigenvalue weighted by Crippen LogP contribution is 2.22. The molecule has 0 aromatic heterocycles. The molecule has 2 aromatic rings. The van der Waals surface area contributed by atoms with Crippen LogP contribution in [0.5, 0.6) is 5.75 Å². The molecule has 0 fully saturated rings. The van der Waals surface area contributed by atoms with Crippen molar-refractivity contribution in [1.82, 2.24) is 10.2 Å². The summed E-state index contributed by atoms with van der Waals surface area (Å²) in [7, 11) is -2.00. The summed E-state index contributed by atoms with van der Waals surface area (Å²) in [5.74, 6) is 0.210. The summed E-state index contributed by atoms with van der Waals surface area (Å²) in [4.78, 5) is 27.6. The van der Waals surface area contributed by atoms with Crippen molar-refractivity contribution in [2.75, 3.05) is 24.2 Å². The maximum atomic E-state index is 13.3. The van der Waals surface area contributed by atoms with E-state index in [2.05, 4.69) is 5.32 Å². The number of anilines is 1. The smallest absolute Gasteiger partial charge is 0.242 e. The minimum atomic E-state index is -3.55. The third kappa shape index (κ3) is 8.58. The van der Waals surface area contributed by atoms with E-state index >= 15 is 0 Å². The standard InChI is InChI=1S/C26H37N3O5S/c1-6-20(2)27-26(31)21(3)28(19-22-11-8-7-9-12-22)25(30)13-10-18-29(35(5,32)33)23-14-16-24(34-4)17-15-23/h7-9,11-12,14-17,20-21H,6,10,13,18-19H2,1-5H3,(H,27,31)/t20-,21-/m0/s1. The van der Waals surface area contributed by atoms with Crippen LogP contribution in [-0.2, 0) is 26.2 Å². The van der Waals surface area contributed by atoms with Gasteiger partial charge in [-0.1, -0.05) is 37.3 Å². The Morgan fingerprint density at radius 3 is 2.20 bits per heavy atom. The lowest BCUT2D eigenvalue weighted by molar-refractivity contribution is -0.140. The molecule has 0 aliphatic carbocycles. The number of hydrogen-bond acceptors (Lipinski definition) is 5. The first kappa shape index (κ1) is 28.2. The Labute approximate surface area is 209 Å². The molecule has 0 aliphatic heterocycles. The van der Waals surface area contributed by atoms with E-state index in [0.29, 0.717) is 24.4 Å². The first-order valence-electron chi connectivity index (χ1n) is 11.8. The minimum absolute atomic E-state index is 0.00597. The van der Waals surface area contributed by atoms with Crippen LogP contribution in [0.2, 0.25) is 0 Å². The van der Waals surface area contributed by atoms with Crippen molar-refractivity contribution in [3.8, 4) is 5.75 Å². The van der Waals surface area contributed by atoms with Gasteiger partial charge in [-0.05, 0) is 56.5 Å². The van der Waals surface area contributed by atoms with Gasteiger partial charge < -0.3 is 15.0 Å². The number of hydrogen-bond donors (Lipinski definition) is 1. The summed E-state index contributed by atoms with van der Waals surface area (Å²) < 4.78 is 31.2. The molecular weight excluding hydrogens is 466 g/mol. The number of amides is 2. The number of benzene rings is 2. The molecule has 9 heteroatoms. The monoisotopic (exact) mass is 503 g/mol. The summed E-state index contributed by atoms with van der Waals surface area (Å²) in [6.07, 6.45) is 2.35. The molecule has 2 rings (SSSR count). The lowest BCUT2D eigenvalue weighted by atomic mass is 10.1. The molecule has 192 valence electrons. The molecule has 0 radical (unpaired) electrons. The summed E-state index contributed by atoms with van der Waals surface area (Å²) in [5.41, 5.74) is 1.42. The summed E-state index contributed by atoms with van der Waals surface area (Å²) in [6.45, 7) is 6.07. The van der Waals surface area contributed by atoms with Gasteiger partial charge in [-0.2, -0.15) is 0 Å². The van der Waals surface area contributed by atoms with Gasteiger partial charge in [0.25, 0.3) is 0 Å². The summed E-state index contributed by atoms with van der Waals surface area (Å²) in [5, 5.41) is 2.94. The Bertz CT molecular complexity index is 1060. The lowest BCUT2D eigenvalue weighted by Crippen LogP contribution is -2.49. The Kier molecular flexibility index (Phi) is 10.6. The molecule has 0 bridgehead atoms. The average Bonchev–Trinajstić information content (AvgIpc) is 2.84. The van der Waals surface area contributed by atoms with E-state index in [1.165, 1.54) is 4.31 Å². The van der Waals surface area contributed by atoms with Crippen LogP contribution in [0, 0.1) is 0 Å². The zero-order valence-corrected chi connectivity index (χ0v) is 22.0. The van der Waals surface area contributed by atoms with Crippen molar-refractivity contribution in [2.45, 2.75) is 58.7 Å². The molecule has 2 atom stereocenters. The number of nitrogens with one attached hydrogen (secondary N) is 1. The van der Waals surface area contributed by atoms with Crippen LogP contribution >= 0.6 is 0 Å². The van der Waals surface area contributed by atoms with E-state index in [9.17, 15) is 18.0 Å². The van der Waals surface area contributed by atoms with Gasteiger partial charge in [-0.15, -0.1) is 0 Å². The van der Waals surface area contributed by atoms with Crippen LogP contribution < -0.4 is 14.4 Å². The molecule has 0 unspecified atom stereocenters. The van der Waals surface area contributed by atoms with E-state index in [-0.39, 0.29) is 30.8 Å². The van der Waals surface area contributed by atoms with Crippen molar-refractivity contribution in [3.63, 3.8) is 0 Å². The Balaban J connectivity index is 2.13. The van der Waals surface area contributed by atoms with E-state index in [1.807, 2.05) is 44.2 Å². The normalized spacial score (nSPS) is 12.9. The number of sulfonamides is 1. The van der Waals surface area contributed by atoms with Gasteiger partial charge in [0.15, 0.2) is 0 Å².